The molecule has 3 heterocycles. The Morgan fingerprint density at radius 3 is 2.90 bits per heavy atom. The van der Waals surface area contributed by atoms with Crippen LogP contribution in [-0.4, -0.2) is 31.9 Å². The summed E-state index contributed by atoms with van der Waals surface area (Å²) in [6, 6.07) is 0.0833. The van der Waals surface area contributed by atoms with Crippen LogP contribution in [-0.2, 0) is 19.4 Å². The standard InChI is InChI=1S/C14H19N5O2/c1-4-11-16-17-12-6-5-10(7-19(11)12)15-14(20)13-8(2)18-21-9(13)3/h10H,4-7H2,1-3H3,(H,15,20)/t10-/m1/s1. The summed E-state index contributed by atoms with van der Waals surface area (Å²) in [5.74, 6) is 2.42. The van der Waals surface area contributed by atoms with Crippen LogP contribution >= 0.6 is 0 Å². The monoisotopic (exact) mass is 289 g/mol. The molecule has 7 heteroatoms. The number of rotatable bonds is 3. The summed E-state index contributed by atoms with van der Waals surface area (Å²) in [7, 11) is 0. The van der Waals surface area contributed by atoms with E-state index in [-0.39, 0.29) is 11.9 Å². The molecule has 1 amide bonds. The van der Waals surface area contributed by atoms with Gasteiger partial charge in [0.15, 0.2) is 0 Å². The summed E-state index contributed by atoms with van der Waals surface area (Å²) >= 11 is 0. The maximum Gasteiger partial charge on any atom is 0.257 e. The maximum atomic E-state index is 12.4. The third-order valence-electron chi connectivity index (χ3n) is 3.94. The van der Waals surface area contributed by atoms with Crippen LogP contribution in [0.5, 0.6) is 0 Å². The second-order valence-corrected chi connectivity index (χ2v) is 5.40. The first-order valence-electron chi connectivity index (χ1n) is 7.24. The Bertz CT molecular complexity index is 640. The molecule has 7 nitrogen and oxygen atoms in total. The lowest BCUT2D eigenvalue weighted by atomic mass is 10.1. The second-order valence-electron chi connectivity index (χ2n) is 5.40. The molecular weight excluding hydrogens is 270 g/mol. The molecular formula is C14H19N5O2. The van der Waals surface area contributed by atoms with Crippen LogP contribution in [0, 0.1) is 13.8 Å². The second kappa shape index (κ2) is 5.31. The number of carbonyl (C=O) groups is 1. The van der Waals surface area contributed by atoms with Gasteiger partial charge in [-0.3, -0.25) is 4.79 Å². The van der Waals surface area contributed by atoms with E-state index in [0.29, 0.717) is 17.0 Å². The fourth-order valence-electron chi connectivity index (χ4n) is 2.83. The van der Waals surface area contributed by atoms with Gasteiger partial charge in [-0.15, -0.1) is 10.2 Å². The minimum Gasteiger partial charge on any atom is -0.361 e. The summed E-state index contributed by atoms with van der Waals surface area (Å²) in [4.78, 5) is 12.4. The summed E-state index contributed by atoms with van der Waals surface area (Å²) in [6.45, 7) is 6.31. The van der Waals surface area contributed by atoms with Gasteiger partial charge in [0.1, 0.15) is 23.0 Å². The molecule has 112 valence electrons. The highest BCUT2D eigenvalue weighted by molar-refractivity contribution is 5.96. The molecule has 1 atom stereocenters. The zero-order chi connectivity index (χ0) is 15.0. The molecule has 0 unspecified atom stereocenters. The number of aromatic nitrogens is 4. The molecule has 1 aliphatic heterocycles. The van der Waals surface area contributed by atoms with E-state index < -0.39 is 0 Å². The van der Waals surface area contributed by atoms with Gasteiger partial charge in [0.05, 0.1) is 5.69 Å². The van der Waals surface area contributed by atoms with Crippen molar-refractivity contribution in [2.75, 3.05) is 0 Å². The minimum atomic E-state index is -0.120. The maximum absolute atomic E-state index is 12.4. The first-order chi connectivity index (χ1) is 10.1. The number of nitrogens with one attached hydrogen (secondary N) is 1. The topological polar surface area (TPSA) is 85.8 Å². The van der Waals surface area contributed by atoms with E-state index in [4.69, 9.17) is 4.52 Å². The van der Waals surface area contributed by atoms with E-state index in [1.54, 1.807) is 13.8 Å². The van der Waals surface area contributed by atoms with Crippen LogP contribution in [0.3, 0.4) is 0 Å². The Morgan fingerprint density at radius 1 is 1.43 bits per heavy atom. The predicted octanol–water partition coefficient (Wildman–Crippen LogP) is 1.19. The van der Waals surface area contributed by atoms with E-state index in [2.05, 4.69) is 32.2 Å². The molecule has 1 N–H and O–H groups in total. The average Bonchev–Trinajstić information content (AvgIpc) is 3.01. The number of hydrogen-bond acceptors (Lipinski definition) is 5. The van der Waals surface area contributed by atoms with Gasteiger partial charge < -0.3 is 14.4 Å². The number of fused-ring (bicyclic) bond motifs is 1. The number of hydrogen-bond donors (Lipinski definition) is 1. The van der Waals surface area contributed by atoms with Crippen LogP contribution < -0.4 is 5.32 Å². The molecule has 3 rings (SSSR count). The van der Waals surface area contributed by atoms with Gasteiger partial charge in [0.25, 0.3) is 5.91 Å². The highest BCUT2D eigenvalue weighted by Crippen LogP contribution is 2.17. The molecule has 0 saturated carbocycles. The van der Waals surface area contributed by atoms with Gasteiger partial charge in [-0.1, -0.05) is 12.1 Å². The largest absolute Gasteiger partial charge is 0.361 e. The molecule has 0 spiro atoms. The van der Waals surface area contributed by atoms with Crippen molar-refractivity contribution >= 4 is 5.91 Å². The number of nitrogens with zero attached hydrogens (tertiary/aromatic N) is 4. The Balaban J connectivity index is 1.74. The van der Waals surface area contributed by atoms with Crippen molar-refractivity contribution in [1.29, 1.82) is 0 Å². The van der Waals surface area contributed by atoms with E-state index in [9.17, 15) is 4.79 Å². The van der Waals surface area contributed by atoms with Crippen molar-refractivity contribution in [1.82, 2.24) is 25.2 Å². The summed E-state index contributed by atoms with van der Waals surface area (Å²) in [5, 5.41) is 15.3. The summed E-state index contributed by atoms with van der Waals surface area (Å²) in [6.07, 6.45) is 2.55. The van der Waals surface area contributed by atoms with Crippen molar-refractivity contribution in [3.63, 3.8) is 0 Å². The van der Waals surface area contributed by atoms with Gasteiger partial charge in [0.2, 0.25) is 0 Å². The fourth-order valence-corrected chi connectivity index (χ4v) is 2.83. The minimum absolute atomic E-state index is 0.0833. The van der Waals surface area contributed by atoms with Crippen LogP contribution in [0.25, 0.3) is 0 Å². The average molecular weight is 289 g/mol. The van der Waals surface area contributed by atoms with Crippen molar-refractivity contribution in [3.8, 4) is 0 Å². The Kier molecular flexibility index (Phi) is 3.48. The third-order valence-corrected chi connectivity index (χ3v) is 3.94. The van der Waals surface area contributed by atoms with Crippen molar-refractivity contribution < 1.29 is 9.32 Å². The SMILES string of the molecule is CCc1nnc2n1C[C@H](NC(=O)c1c(C)noc1C)CC2. The van der Waals surface area contributed by atoms with E-state index in [1.807, 2.05) is 0 Å². The van der Waals surface area contributed by atoms with Gasteiger partial charge in [-0.25, -0.2) is 0 Å². The van der Waals surface area contributed by atoms with Crippen LogP contribution in [0.2, 0.25) is 0 Å². The summed E-state index contributed by atoms with van der Waals surface area (Å²) in [5.41, 5.74) is 1.17. The molecule has 1 aliphatic rings. The molecule has 0 bridgehead atoms. The summed E-state index contributed by atoms with van der Waals surface area (Å²) < 4.78 is 7.16. The predicted molar refractivity (Wildman–Crippen MR) is 75.0 cm³/mol. The van der Waals surface area contributed by atoms with E-state index in [0.717, 1.165) is 37.5 Å². The van der Waals surface area contributed by atoms with Gasteiger partial charge in [0, 0.05) is 25.4 Å². The molecule has 21 heavy (non-hydrogen) atoms. The van der Waals surface area contributed by atoms with Crippen molar-refractivity contribution in [2.45, 2.75) is 52.6 Å². The number of carbonyl (C=O) groups excluding carboxylic acids is 1. The Labute approximate surface area is 122 Å². The zero-order valence-corrected chi connectivity index (χ0v) is 12.5. The molecule has 0 aliphatic carbocycles. The lowest BCUT2D eigenvalue weighted by Crippen LogP contribution is -2.41. The van der Waals surface area contributed by atoms with E-state index in [1.165, 1.54) is 0 Å². The van der Waals surface area contributed by atoms with Crippen molar-refractivity contribution in [2.24, 2.45) is 0 Å². The molecule has 0 saturated heterocycles. The molecule has 0 fully saturated rings. The number of aryl methyl sites for hydroxylation is 4. The quantitative estimate of drug-likeness (QED) is 0.917. The van der Waals surface area contributed by atoms with Crippen molar-refractivity contribution in [3.05, 3.63) is 28.7 Å². The molecule has 0 radical (unpaired) electrons. The Hall–Kier alpha value is -2.18. The molecule has 2 aromatic rings. The van der Waals surface area contributed by atoms with Crippen LogP contribution in [0.4, 0.5) is 0 Å². The van der Waals surface area contributed by atoms with E-state index >= 15 is 0 Å². The first kappa shape index (κ1) is 13.8. The smallest absolute Gasteiger partial charge is 0.257 e. The van der Waals surface area contributed by atoms with Crippen LogP contribution in [0.15, 0.2) is 4.52 Å². The third kappa shape index (κ3) is 2.43. The zero-order valence-electron chi connectivity index (χ0n) is 12.5. The number of amides is 1. The van der Waals surface area contributed by atoms with Gasteiger partial charge >= 0.3 is 0 Å². The highest BCUT2D eigenvalue weighted by atomic mass is 16.5. The first-order valence-corrected chi connectivity index (χ1v) is 7.24. The highest BCUT2D eigenvalue weighted by Gasteiger charge is 2.25. The van der Waals surface area contributed by atoms with Gasteiger partial charge in [-0.05, 0) is 20.3 Å². The molecule has 2 aromatic heterocycles. The lowest BCUT2D eigenvalue weighted by Gasteiger charge is -2.25. The fraction of sp³-hybridized carbons (Fsp3) is 0.571. The van der Waals surface area contributed by atoms with Crippen LogP contribution in [0.1, 0.15) is 46.8 Å². The van der Waals surface area contributed by atoms with Gasteiger partial charge in [-0.2, -0.15) is 0 Å². The normalized spacial score (nSPS) is 17.6. The molecule has 0 aromatic carbocycles. The lowest BCUT2D eigenvalue weighted by molar-refractivity contribution is 0.0925. The Morgan fingerprint density at radius 2 is 2.24 bits per heavy atom.